The minimum atomic E-state index is -0.242. The summed E-state index contributed by atoms with van der Waals surface area (Å²) in [6.07, 6.45) is 1.68. The number of aromatic nitrogens is 3. The van der Waals surface area contributed by atoms with Gasteiger partial charge in [-0.25, -0.2) is 4.39 Å². The van der Waals surface area contributed by atoms with Crippen LogP contribution < -0.4 is 10.2 Å². The zero-order valence-electron chi connectivity index (χ0n) is 15.5. The maximum atomic E-state index is 13.4. The number of halogens is 1. The van der Waals surface area contributed by atoms with Crippen LogP contribution in [0.25, 0.3) is 0 Å². The number of benzene rings is 2. The van der Waals surface area contributed by atoms with E-state index in [1.165, 1.54) is 17.7 Å². The first kappa shape index (κ1) is 17.4. The van der Waals surface area contributed by atoms with E-state index < -0.39 is 0 Å². The van der Waals surface area contributed by atoms with Crippen molar-refractivity contribution in [2.24, 2.45) is 0 Å². The molecule has 1 aliphatic heterocycles. The fourth-order valence-electron chi connectivity index (χ4n) is 3.52. The summed E-state index contributed by atoms with van der Waals surface area (Å²) in [5.74, 6) is 1.05. The van der Waals surface area contributed by atoms with Crippen LogP contribution in [0.3, 0.4) is 0 Å². The first-order valence-electron chi connectivity index (χ1n) is 9.24. The standard InChI is InChI=1S/C21H22FN5/c1-3-18-20(23-13-15-7-6-9-17(22)12-15)24-21(26-25-18)27-14(2)11-16-8-4-5-10-19(16)27/h4-10,12,14H,3,11,13H2,1-2H3,(H,23,24,26). The number of aryl methyl sites for hydroxylation is 1. The lowest BCUT2D eigenvalue weighted by Crippen LogP contribution is -2.27. The molecule has 0 aliphatic carbocycles. The normalized spacial score (nSPS) is 15.7. The molecule has 2 heterocycles. The lowest BCUT2D eigenvalue weighted by molar-refractivity contribution is 0.626. The lowest BCUT2D eigenvalue weighted by Gasteiger charge is -2.23. The summed E-state index contributed by atoms with van der Waals surface area (Å²) in [7, 11) is 0. The smallest absolute Gasteiger partial charge is 0.252 e. The van der Waals surface area contributed by atoms with Crippen molar-refractivity contribution in [3.63, 3.8) is 0 Å². The van der Waals surface area contributed by atoms with E-state index in [1.54, 1.807) is 6.07 Å². The minimum absolute atomic E-state index is 0.242. The molecular formula is C21H22FN5. The van der Waals surface area contributed by atoms with Gasteiger partial charge in [0, 0.05) is 18.3 Å². The number of anilines is 3. The Morgan fingerprint density at radius 1 is 1.15 bits per heavy atom. The van der Waals surface area contributed by atoms with E-state index in [0.717, 1.165) is 29.8 Å². The molecule has 5 nitrogen and oxygen atoms in total. The monoisotopic (exact) mass is 363 g/mol. The van der Waals surface area contributed by atoms with Crippen molar-refractivity contribution in [2.75, 3.05) is 10.2 Å². The molecule has 3 aromatic rings. The van der Waals surface area contributed by atoms with Gasteiger partial charge in [-0.2, -0.15) is 4.98 Å². The molecule has 6 heteroatoms. The number of hydrogen-bond donors (Lipinski definition) is 1. The molecule has 2 aromatic carbocycles. The van der Waals surface area contributed by atoms with Gasteiger partial charge in [-0.3, -0.25) is 0 Å². The number of rotatable bonds is 5. The third-order valence-corrected chi connectivity index (χ3v) is 4.85. The molecule has 0 radical (unpaired) electrons. The molecule has 0 fully saturated rings. The number of nitrogens with one attached hydrogen (secondary N) is 1. The molecule has 1 aliphatic rings. The van der Waals surface area contributed by atoms with E-state index in [2.05, 4.69) is 45.5 Å². The van der Waals surface area contributed by atoms with Gasteiger partial charge >= 0.3 is 0 Å². The Morgan fingerprint density at radius 3 is 2.81 bits per heavy atom. The highest BCUT2D eigenvalue weighted by Crippen LogP contribution is 2.36. The summed E-state index contributed by atoms with van der Waals surface area (Å²) in [6.45, 7) is 4.67. The maximum Gasteiger partial charge on any atom is 0.252 e. The fraction of sp³-hybridized carbons (Fsp3) is 0.286. The van der Waals surface area contributed by atoms with E-state index in [0.29, 0.717) is 18.3 Å². The van der Waals surface area contributed by atoms with Gasteiger partial charge in [0.15, 0.2) is 5.82 Å². The van der Waals surface area contributed by atoms with Crippen LogP contribution in [0.1, 0.15) is 30.7 Å². The molecule has 138 valence electrons. The second kappa shape index (κ2) is 7.31. The number of fused-ring (bicyclic) bond motifs is 1. The largest absolute Gasteiger partial charge is 0.364 e. The molecule has 1 unspecified atom stereocenters. The van der Waals surface area contributed by atoms with E-state index in [9.17, 15) is 4.39 Å². The highest BCUT2D eigenvalue weighted by atomic mass is 19.1. The van der Waals surface area contributed by atoms with Crippen molar-refractivity contribution in [1.29, 1.82) is 0 Å². The zero-order valence-corrected chi connectivity index (χ0v) is 15.5. The van der Waals surface area contributed by atoms with Crippen LogP contribution in [-0.2, 0) is 19.4 Å². The Labute approximate surface area is 158 Å². The SMILES string of the molecule is CCc1nnc(N2c3ccccc3CC2C)nc1NCc1cccc(F)c1. The van der Waals surface area contributed by atoms with Crippen molar-refractivity contribution in [3.8, 4) is 0 Å². The Balaban J connectivity index is 1.63. The Morgan fingerprint density at radius 2 is 2.00 bits per heavy atom. The van der Waals surface area contributed by atoms with Gasteiger partial charge < -0.3 is 10.2 Å². The molecule has 0 amide bonds. The predicted molar refractivity (Wildman–Crippen MR) is 105 cm³/mol. The summed E-state index contributed by atoms with van der Waals surface area (Å²) < 4.78 is 13.4. The van der Waals surface area contributed by atoms with Gasteiger partial charge in [-0.15, -0.1) is 10.2 Å². The van der Waals surface area contributed by atoms with Crippen LogP contribution >= 0.6 is 0 Å². The van der Waals surface area contributed by atoms with E-state index >= 15 is 0 Å². The van der Waals surface area contributed by atoms with Gasteiger partial charge in [-0.05, 0) is 49.1 Å². The van der Waals surface area contributed by atoms with E-state index in [-0.39, 0.29) is 11.9 Å². The van der Waals surface area contributed by atoms with Crippen molar-refractivity contribution in [3.05, 3.63) is 71.2 Å². The summed E-state index contributed by atoms with van der Waals surface area (Å²) >= 11 is 0. The molecule has 0 bridgehead atoms. The summed E-state index contributed by atoms with van der Waals surface area (Å²) in [5.41, 5.74) is 4.09. The van der Waals surface area contributed by atoms with Crippen LogP contribution in [0.5, 0.6) is 0 Å². The Hall–Kier alpha value is -3.02. The predicted octanol–water partition coefficient (Wildman–Crippen LogP) is 4.27. The zero-order chi connectivity index (χ0) is 18.8. The Kier molecular flexibility index (Phi) is 4.71. The fourth-order valence-corrected chi connectivity index (χ4v) is 3.52. The molecular weight excluding hydrogens is 341 g/mol. The average Bonchev–Trinajstić information content (AvgIpc) is 3.02. The second-order valence-corrected chi connectivity index (χ2v) is 6.80. The van der Waals surface area contributed by atoms with Crippen molar-refractivity contribution < 1.29 is 4.39 Å². The molecule has 0 saturated carbocycles. The van der Waals surface area contributed by atoms with Gasteiger partial charge in [0.05, 0.1) is 0 Å². The van der Waals surface area contributed by atoms with Gasteiger partial charge in [0.2, 0.25) is 0 Å². The molecule has 1 N–H and O–H groups in total. The van der Waals surface area contributed by atoms with E-state index in [4.69, 9.17) is 4.98 Å². The number of para-hydroxylation sites is 1. The molecule has 27 heavy (non-hydrogen) atoms. The van der Waals surface area contributed by atoms with Crippen LogP contribution in [0, 0.1) is 5.82 Å². The molecule has 0 saturated heterocycles. The third kappa shape index (κ3) is 3.47. The van der Waals surface area contributed by atoms with Gasteiger partial charge in [0.25, 0.3) is 5.95 Å². The first-order valence-corrected chi connectivity index (χ1v) is 9.24. The van der Waals surface area contributed by atoms with Gasteiger partial charge in [-0.1, -0.05) is 37.3 Å². The summed E-state index contributed by atoms with van der Waals surface area (Å²) in [5, 5.41) is 12.1. The minimum Gasteiger partial charge on any atom is -0.364 e. The van der Waals surface area contributed by atoms with Crippen molar-refractivity contribution >= 4 is 17.5 Å². The Bertz CT molecular complexity index is 959. The molecule has 1 atom stereocenters. The first-order chi connectivity index (χ1) is 13.2. The highest BCUT2D eigenvalue weighted by Gasteiger charge is 2.29. The second-order valence-electron chi connectivity index (χ2n) is 6.80. The molecule has 1 aromatic heterocycles. The van der Waals surface area contributed by atoms with Crippen LogP contribution in [0.15, 0.2) is 48.5 Å². The number of nitrogens with zero attached hydrogens (tertiary/aromatic N) is 4. The topological polar surface area (TPSA) is 53.9 Å². The average molecular weight is 363 g/mol. The van der Waals surface area contributed by atoms with Crippen molar-refractivity contribution in [1.82, 2.24) is 15.2 Å². The highest BCUT2D eigenvalue weighted by molar-refractivity contribution is 5.67. The van der Waals surface area contributed by atoms with Crippen LogP contribution in [0.4, 0.5) is 21.8 Å². The van der Waals surface area contributed by atoms with Gasteiger partial charge in [0.1, 0.15) is 11.5 Å². The number of hydrogen-bond acceptors (Lipinski definition) is 5. The summed E-state index contributed by atoms with van der Waals surface area (Å²) in [4.78, 5) is 6.89. The van der Waals surface area contributed by atoms with Crippen LogP contribution in [-0.4, -0.2) is 21.2 Å². The molecule has 4 rings (SSSR count). The maximum absolute atomic E-state index is 13.4. The quantitative estimate of drug-likeness (QED) is 0.734. The lowest BCUT2D eigenvalue weighted by atomic mass is 10.1. The van der Waals surface area contributed by atoms with Crippen LogP contribution in [0.2, 0.25) is 0 Å². The molecule has 0 spiro atoms. The third-order valence-electron chi connectivity index (χ3n) is 4.85. The summed E-state index contributed by atoms with van der Waals surface area (Å²) in [6, 6.07) is 15.1. The van der Waals surface area contributed by atoms with Crippen molar-refractivity contribution in [2.45, 2.75) is 39.3 Å². The van der Waals surface area contributed by atoms with E-state index in [1.807, 2.05) is 19.1 Å².